The molecule has 9 heteroatoms. The molecule has 7 atom stereocenters. The first-order chi connectivity index (χ1) is 16.0. The highest BCUT2D eigenvalue weighted by atomic mass is 16.2. The molecule has 9 nitrogen and oxygen atoms in total. The van der Waals surface area contributed by atoms with E-state index in [2.05, 4.69) is 57.5 Å². The molecule has 7 N–H and O–H groups in total. The lowest BCUT2D eigenvalue weighted by Gasteiger charge is -2.46. The molecule has 1 saturated carbocycles. The van der Waals surface area contributed by atoms with Gasteiger partial charge in [0, 0.05) is 75.9 Å². The number of amides is 1. The van der Waals surface area contributed by atoms with Crippen LogP contribution < -0.4 is 32.4 Å². The number of nitrogens with one attached hydrogen (secondary N) is 5. The van der Waals surface area contributed by atoms with Crippen molar-refractivity contribution in [3.8, 4) is 0 Å². The molecule has 0 spiro atoms. The van der Waals surface area contributed by atoms with Gasteiger partial charge in [-0.25, -0.2) is 5.01 Å². The van der Waals surface area contributed by atoms with E-state index in [1.165, 1.54) is 25.7 Å². The number of piperidine rings is 1. The number of hydrazine groups is 1. The second-order valence-electron chi connectivity index (χ2n) is 11.2. The van der Waals surface area contributed by atoms with E-state index in [0.29, 0.717) is 36.5 Å². The van der Waals surface area contributed by atoms with Gasteiger partial charge in [-0.15, -0.1) is 0 Å². The van der Waals surface area contributed by atoms with Gasteiger partial charge in [-0.1, -0.05) is 6.42 Å². The summed E-state index contributed by atoms with van der Waals surface area (Å²) in [6, 6.07) is 1.13. The predicted molar refractivity (Wildman–Crippen MR) is 132 cm³/mol. The Labute approximate surface area is 200 Å². The van der Waals surface area contributed by atoms with Gasteiger partial charge < -0.3 is 21.3 Å². The van der Waals surface area contributed by atoms with Crippen LogP contribution in [0.25, 0.3) is 0 Å². The number of fused-ring (bicyclic) bond motifs is 1. The van der Waals surface area contributed by atoms with Crippen LogP contribution in [0.5, 0.6) is 0 Å². The number of likely N-dealkylation sites (N-methyl/N-ethyl adjacent to an activating group) is 1. The fourth-order valence-corrected chi connectivity index (χ4v) is 6.71. The van der Waals surface area contributed by atoms with E-state index in [9.17, 15) is 4.79 Å². The Bertz CT molecular complexity index is 628. The van der Waals surface area contributed by atoms with E-state index in [1.807, 2.05) is 0 Å². The second-order valence-corrected chi connectivity index (χ2v) is 11.2. The molecule has 190 valence electrons. The standard InChI is InChI=1S/C24H48N8O/c1-16(2)32-23-21(13-29-32)20(24(33)27-12-19-11-26-15-28-19)10-22(30-23)18-6-4-5-17(9-18)14-31(3)8-7-25/h16-23,26,28-30H,4-15,25H2,1-3H3,(H,27,33). The summed E-state index contributed by atoms with van der Waals surface area (Å²) < 4.78 is 0. The molecule has 3 saturated heterocycles. The monoisotopic (exact) mass is 464 g/mol. The zero-order chi connectivity index (χ0) is 23.4. The van der Waals surface area contributed by atoms with E-state index >= 15 is 0 Å². The third-order valence-electron chi connectivity index (χ3n) is 8.42. The van der Waals surface area contributed by atoms with E-state index < -0.39 is 0 Å². The molecule has 1 aliphatic carbocycles. The average molecular weight is 465 g/mol. The third-order valence-corrected chi connectivity index (χ3v) is 8.42. The van der Waals surface area contributed by atoms with Crippen molar-refractivity contribution in [3.63, 3.8) is 0 Å². The smallest absolute Gasteiger partial charge is 0.223 e. The minimum absolute atomic E-state index is 0.0622. The lowest BCUT2D eigenvalue weighted by molar-refractivity contribution is -0.129. The fraction of sp³-hybridized carbons (Fsp3) is 0.958. The molecule has 4 fully saturated rings. The molecule has 4 aliphatic rings. The highest BCUT2D eigenvalue weighted by Gasteiger charge is 2.49. The highest BCUT2D eigenvalue weighted by Crippen LogP contribution is 2.39. The number of carbonyl (C=O) groups excluding carboxylic acids is 1. The number of nitrogens with zero attached hydrogens (tertiary/aromatic N) is 2. The quantitative estimate of drug-likeness (QED) is 0.270. The van der Waals surface area contributed by atoms with Crippen LogP contribution in [-0.2, 0) is 4.79 Å². The van der Waals surface area contributed by atoms with Crippen molar-refractivity contribution in [3.05, 3.63) is 0 Å². The summed E-state index contributed by atoms with van der Waals surface area (Å²) in [5.74, 6) is 1.99. The van der Waals surface area contributed by atoms with Gasteiger partial charge in [0.25, 0.3) is 0 Å². The van der Waals surface area contributed by atoms with Crippen LogP contribution in [0.2, 0.25) is 0 Å². The van der Waals surface area contributed by atoms with Crippen molar-refractivity contribution < 1.29 is 4.79 Å². The first-order valence-corrected chi connectivity index (χ1v) is 13.3. The van der Waals surface area contributed by atoms with Crippen molar-refractivity contribution in [2.75, 3.05) is 53.0 Å². The molecular weight excluding hydrogens is 416 g/mol. The van der Waals surface area contributed by atoms with Crippen molar-refractivity contribution in [2.45, 2.75) is 70.2 Å². The molecule has 7 unspecified atom stereocenters. The Kier molecular flexibility index (Phi) is 9.00. The number of hydrogen-bond donors (Lipinski definition) is 6. The number of hydrogen-bond acceptors (Lipinski definition) is 8. The molecule has 0 radical (unpaired) electrons. The summed E-state index contributed by atoms with van der Waals surface area (Å²) in [5.41, 5.74) is 9.37. The lowest BCUT2D eigenvalue weighted by Crippen LogP contribution is -2.62. The van der Waals surface area contributed by atoms with E-state index in [4.69, 9.17) is 5.73 Å². The van der Waals surface area contributed by atoms with E-state index in [-0.39, 0.29) is 18.0 Å². The van der Waals surface area contributed by atoms with Crippen molar-refractivity contribution >= 4 is 5.91 Å². The van der Waals surface area contributed by atoms with Crippen molar-refractivity contribution in [1.82, 2.24) is 36.6 Å². The summed E-state index contributed by atoms with van der Waals surface area (Å²) >= 11 is 0. The van der Waals surface area contributed by atoms with E-state index in [0.717, 1.165) is 51.7 Å². The van der Waals surface area contributed by atoms with Crippen molar-refractivity contribution in [2.24, 2.45) is 29.4 Å². The molecule has 0 bridgehead atoms. The fourth-order valence-electron chi connectivity index (χ4n) is 6.71. The molecule has 4 rings (SSSR count). The minimum Gasteiger partial charge on any atom is -0.354 e. The zero-order valence-corrected chi connectivity index (χ0v) is 21.0. The Morgan fingerprint density at radius 2 is 2.09 bits per heavy atom. The van der Waals surface area contributed by atoms with Crippen LogP contribution in [0.4, 0.5) is 0 Å². The van der Waals surface area contributed by atoms with Gasteiger partial charge in [0.05, 0.1) is 6.17 Å². The molecule has 0 aromatic carbocycles. The van der Waals surface area contributed by atoms with Gasteiger partial charge >= 0.3 is 0 Å². The highest BCUT2D eigenvalue weighted by molar-refractivity contribution is 5.79. The maximum Gasteiger partial charge on any atom is 0.223 e. The maximum atomic E-state index is 13.4. The molecule has 1 amide bonds. The topological polar surface area (TPSA) is 110 Å². The van der Waals surface area contributed by atoms with Crippen LogP contribution >= 0.6 is 0 Å². The van der Waals surface area contributed by atoms with Crippen LogP contribution in [0.15, 0.2) is 0 Å². The van der Waals surface area contributed by atoms with Gasteiger partial charge in [-0.3, -0.25) is 20.9 Å². The molecule has 0 aromatic heterocycles. The zero-order valence-electron chi connectivity index (χ0n) is 21.0. The second kappa shape index (κ2) is 11.7. The van der Waals surface area contributed by atoms with Gasteiger partial charge in [-0.05, 0) is 58.4 Å². The Morgan fingerprint density at radius 3 is 2.82 bits per heavy atom. The molecule has 33 heavy (non-hydrogen) atoms. The van der Waals surface area contributed by atoms with Crippen LogP contribution in [-0.4, -0.2) is 93.1 Å². The van der Waals surface area contributed by atoms with E-state index in [1.54, 1.807) is 0 Å². The predicted octanol–water partition coefficient (Wildman–Crippen LogP) is -0.533. The summed E-state index contributed by atoms with van der Waals surface area (Å²) in [6.07, 6.45) is 6.31. The van der Waals surface area contributed by atoms with Crippen molar-refractivity contribution in [1.29, 1.82) is 0 Å². The molecule has 0 aromatic rings. The normalized spacial score (nSPS) is 37.6. The molecule has 3 heterocycles. The number of nitrogens with two attached hydrogens (primary N) is 1. The first-order valence-electron chi connectivity index (χ1n) is 13.3. The summed E-state index contributed by atoms with van der Waals surface area (Å²) in [6.45, 7) is 10.6. The molecular formula is C24H48N8O. The average Bonchev–Trinajstić information content (AvgIpc) is 3.47. The number of rotatable bonds is 9. The largest absolute Gasteiger partial charge is 0.354 e. The lowest BCUT2D eigenvalue weighted by atomic mass is 9.71. The maximum absolute atomic E-state index is 13.4. The first kappa shape index (κ1) is 25.3. The minimum atomic E-state index is 0.0622. The Balaban J connectivity index is 1.42. The Hall–Kier alpha value is -0.810. The number of carbonyl (C=O) groups is 1. The SMILES string of the molecule is CC(C)N1NCC2C(C(=O)NCC3CNCN3)CC(C3CCCC(CN(C)CCN)C3)NC21. The van der Waals surface area contributed by atoms with Gasteiger partial charge in [0.1, 0.15) is 0 Å². The third kappa shape index (κ3) is 6.25. The summed E-state index contributed by atoms with van der Waals surface area (Å²) in [7, 11) is 2.19. The summed E-state index contributed by atoms with van der Waals surface area (Å²) in [5, 5.41) is 16.4. The van der Waals surface area contributed by atoms with Gasteiger partial charge in [-0.2, -0.15) is 0 Å². The summed E-state index contributed by atoms with van der Waals surface area (Å²) in [4.78, 5) is 15.8. The van der Waals surface area contributed by atoms with Gasteiger partial charge in [0.15, 0.2) is 0 Å². The molecule has 3 aliphatic heterocycles. The van der Waals surface area contributed by atoms with Crippen LogP contribution in [0.3, 0.4) is 0 Å². The Morgan fingerprint density at radius 1 is 1.24 bits per heavy atom. The van der Waals surface area contributed by atoms with Gasteiger partial charge in [0.2, 0.25) is 5.91 Å². The van der Waals surface area contributed by atoms with Crippen LogP contribution in [0.1, 0.15) is 46.0 Å². The van der Waals surface area contributed by atoms with Crippen LogP contribution in [0, 0.1) is 23.7 Å².